The fourth-order valence-corrected chi connectivity index (χ4v) is 5.18. The van der Waals surface area contributed by atoms with Crippen LogP contribution in [-0.4, -0.2) is 43.3 Å². The number of hydrogen-bond acceptors (Lipinski definition) is 4. The van der Waals surface area contributed by atoms with E-state index < -0.39 is 27.5 Å². The fourth-order valence-electron chi connectivity index (χ4n) is 3.88. The first-order valence-corrected chi connectivity index (χ1v) is 13.5. The zero-order valence-electron chi connectivity index (χ0n) is 21.5. The molecule has 0 radical (unpaired) electrons. The summed E-state index contributed by atoms with van der Waals surface area (Å²) in [5.41, 5.74) is 1.47. The van der Waals surface area contributed by atoms with E-state index in [0.29, 0.717) is 0 Å². The van der Waals surface area contributed by atoms with Gasteiger partial charge in [-0.1, -0.05) is 67.1 Å². The SMILES string of the molecule is CC[C@H](NS(=O)(=O)c1ccc2ccccc2c1)C(=O)N(CC(=O)NC(C)(C)C)Cc1ccc(C)cc1. The quantitative estimate of drug-likeness (QED) is 0.453. The second-order valence-corrected chi connectivity index (χ2v) is 11.8. The number of aryl methyl sites for hydroxylation is 1. The van der Waals surface area contributed by atoms with E-state index >= 15 is 0 Å². The summed E-state index contributed by atoms with van der Waals surface area (Å²) >= 11 is 0. The summed E-state index contributed by atoms with van der Waals surface area (Å²) in [6.45, 7) is 9.31. The van der Waals surface area contributed by atoms with Crippen molar-refractivity contribution in [3.05, 3.63) is 77.9 Å². The van der Waals surface area contributed by atoms with Crippen molar-refractivity contribution < 1.29 is 18.0 Å². The number of carbonyl (C=O) groups is 2. The van der Waals surface area contributed by atoms with Gasteiger partial charge in [-0.05, 0) is 62.6 Å². The molecular formula is C28H35N3O4S. The number of benzene rings is 3. The third-order valence-electron chi connectivity index (χ3n) is 5.69. The molecule has 2 N–H and O–H groups in total. The van der Waals surface area contributed by atoms with E-state index in [1.54, 1.807) is 19.1 Å². The largest absolute Gasteiger partial charge is 0.350 e. The summed E-state index contributed by atoms with van der Waals surface area (Å²) in [6, 6.07) is 19.0. The normalized spacial score (nSPS) is 12.8. The van der Waals surface area contributed by atoms with Crippen molar-refractivity contribution in [3.63, 3.8) is 0 Å². The van der Waals surface area contributed by atoms with Crippen LogP contribution in [0.1, 0.15) is 45.2 Å². The topological polar surface area (TPSA) is 95.6 Å². The molecule has 0 saturated heterocycles. The Morgan fingerprint density at radius 1 is 0.944 bits per heavy atom. The smallest absolute Gasteiger partial charge is 0.241 e. The van der Waals surface area contributed by atoms with Crippen molar-refractivity contribution in [1.29, 1.82) is 0 Å². The monoisotopic (exact) mass is 509 g/mol. The van der Waals surface area contributed by atoms with E-state index in [-0.39, 0.29) is 30.3 Å². The number of sulfonamides is 1. The third-order valence-corrected chi connectivity index (χ3v) is 7.16. The minimum absolute atomic E-state index is 0.0861. The highest BCUT2D eigenvalue weighted by atomic mass is 32.2. The molecule has 0 aliphatic rings. The van der Waals surface area contributed by atoms with Crippen LogP contribution in [0.25, 0.3) is 10.8 Å². The van der Waals surface area contributed by atoms with E-state index in [4.69, 9.17) is 0 Å². The van der Waals surface area contributed by atoms with Crippen molar-refractivity contribution >= 4 is 32.6 Å². The number of nitrogens with zero attached hydrogens (tertiary/aromatic N) is 1. The standard InChI is InChI=1S/C28H35N3O4S/c1-6-25(30-36(34,35)24-16-15-22-9-7-8-10-23(22)17-24)27(33)31(19-26(32)29-28(3,4)5)18-21-13-11-20(2)12-14-21/h7-17,25,30H,6,18-19H2,1-5H3,(H,29,32)/t25-/m0/s1. The molecule has 36 heavy (non-hydrogen) atoms. The first kappa shape index (κ1) is 27.4. The van der Waals surface area contributed by atoms with Crippen LogP contribution in [0, 0.1) is 6.92 Å². The second-order valence-electron chi connectivity index (χ2n) is 10.1. The highest BCUT2D eigenvalue weighted by Gasteiger charge is 2.30. The number of nitrogens with one attached hydrogen (secondary N) is 2. The molecule has 0 heterocycles. The van der Waals surface area contributed by atoms with E-state index in [1.807, 2.05) is 76.2 Å². The predicted molar refractivity (Wildman–Crippen MR) is 143 cm³/mol. The molecule has 3 aromatic carbocycles. The molecule has 0 fully saturated rings. The minimum atomic E-state index is -3.98. The Kier molecular flexibility index (Phi) is 8.53. The maximum atomic E-state index is 13.6. The maximum absolute atomic E-state index is 13.6. The van der Waals surface area contributed by atoms with Crippen LogP contribution in [0.2, 0.25) is 0 Å². The van der Waals surface area contributed by atoms with Crippen molar-refractivity contribution in [1.82, 2.24) is 14.9 Å². The average molecular weight is 510 g/mol. The number of hydrogen-bond donors (Lipinski definition) is 2. The molecule has 0 bridgehead atoms. The van der Waals surface area contributed by atoms with Crippen LogP contribution in [0.4, 0.5) is 0 Å². The summed E-state index contributed by atoms with van der Waals surface area (Å²) in [7, 11) is -3.98. The predicted octanol–water partition coefficient (Wildman–Crippen LogP) is 4.15. The van der Waals surface area contributed by atoms with Gasteiger partial charge in [0, 0.05) is 12.1 Å². The zero-order chi connectivity index (χ0) is 26.5. The van der Waals surface area contributed by atoms with Gasteiger partial charge in [-0.25, -0.2) is 8.42 Å². The summed E-state index contributed by atoms with van der Waals surface area (Å²) in [6.07, 6.45) is 0.233. The Balaban J connectivity index is 1.85. The van der Waals surface area contributed by atoms with E-state index in [2.05, 4.69) is 10.0 Å². The zero-order valence-corrected chi connectivity index (χ0v) is 22.4. The van der Waals surface area contributed by atoms with Crippen molar-refractivity contribution in [2.75, 3.05) is 6.54 Å². The lowest BCUT2D eigenvalue weighted by molar-refractivity contribution is -0.138. The van der Waals surface area contributed by atoms with E-state index in [9.17, 15) is 18.0 Å². The van der Waals surface area contributed by atoms with Gasteiger partial charge in [0.1, 0.15) is 6.04 Å². The molecule has 192 valence electrons. The van der Waals surface area contributed by atoms with Gasteiger partial charge in [0.25, 0.3) is 0 Å². The van der Waals surface area contributed by atoms with Crippen LogP contribution >= 0.6 is 0 Å². The van der Waals surface area contributed by atoms with Gasteiger partial charge in [-0.2, -0.15) is 4.72 Å². The number of carbonyl (C=O) groups excluding carboxylic acids is 2. The summed E-state index contributed by atoms with van der Waals surface area (Å²) in [5, 5.41) is 4.59. The molecule has 0 saturated carbocycles. The molecule has 3 aromatic rings. The molecule has 0 unspecified atom stereocenters. The van der Waals surface area contributed by atoms with Gasteiger partial charge in [0.2, 0.25) is 21.8 Å². The molecule has 0 aromatic heterocycles. The number of amides is 2. The van der Waals surface area contributed by atoms with Crippen molar-refractivity contribution in [3.8, 4) is 0 Å². The molecule has 0 aliphatic heterocycles. The summed E-state index contributed by atoms with van der Waals surface area (Å²) in [4.78, 5) is 27.8. The van der Waals surface area contributed by atoms with Crippen LogP contribution in [0.15, 0.2) is 71.6 Å². The molecule has 8 heteroatoms. The third kappa shape index (κ3) is 7.38. The van der Waals surface area contributed by atoms with E-state index in [0.717, 1.165) is 21.9 Å². The summed E-state index contributed by atoms with van der Waals surface area (Å²) < 4.78 is 29.0. The van der Waals surface area contributed by atoms with Gasteiger partial charge in [-0.3, -0.25) is 9.59 Å². The molecular weight excluding hydrogens is 474 g/mol. The highest BCUT2D eigenvalue weighted by molar-refractivity contribution is 7.89. The number of rotatable bonds is 9. The number of fused-ring (bicyclic) bond motifs is 1. The van der Waals surface area contributed by atoms with E-state index in [1.165, 1.54) is 11.0 Å². The fraction of sp³-hybridized carbons (Fsp3) is 0.357. The molecule has 7 nitrogen and oxygen atoms in total. The Morgan fingerprint density at radius 2 is 1.58 bits per heavy atom. The Labute approximate surface area is 213 Å². The average Bonchev–Trinajstić information content (AvgIpc) is 2.81. The highest BCUT2D eigenvalue weighted by Crippen LogP contribution is 2.20. The first-order valence-electron chi connectivity index (χ1n) is 12.0. The molecule has 1 atom stereocenters. The molecule has 0 spiro atoms. The lowest BCUT2D eigenvalue weighted by Gasteiger charge is -2.29. The Bertz CT molecular complexity index is 1330. The molecule has 0 aliphatic carbocycles. The van der Waals surface area contributed by atoms with Gasteiger partial charge < -0.3 is 10.2 Å². The van der Waals surface area contributed by atoms with Gasteiger partial charge >= 0.3 is 0 Å². The van der Waals surface area contributed by atoms with Crippen LogP contribution < -0.4 is 10.0 Å². The summed E-state index contributed by atoms with van der Waals surface area (Å²) in [5.74, 6) is -0.762. The molecule has 2 amide bonds. The van der Waals surface area contributed by atoms with Crippen LogP contribution in [-0.2, 0) is 26.2 Å². The lowest BCUT2D eigenvalue weighted by atomic mass is 10.1. The Morgan fingerprint density at radius 3 is 2.19 bits per heavy atom. The lowest BCUT2D eigenvalue weighted by Crippen LogP contribution is -2.52. The van der Waals surface area contributed by atoms with Crippen molar-refractivity contribution in [2.24, 2.45) is 0 Å². The van der Waals surface area contributed by atoms with Crippen molar-refractivity contribution in [2.45, 2.75) is 64.1 Å². The molecule has 3 rings (SSSR count). The van der Waals surface area contributed by atoms with Gasteiger partial charge in [-0.15, -0.1) is 0 Å². The van der Waals surface area contributed by atoms with Gasteiger partial charge in [0.05, 0.1) is 11.4 Å². The van der Waals surface area contributed by atoms with Gasteiger partial charge in [0.15, 0.2) is 0 Å². The maximum Gasteiger partial charge on any atom is 0.241 e. The van der Waals surface area contributed by atoms with Crippen LogP contribution in [0.5, 0.6) is 0 Å². The second kappa shape index (κ2) is 11.2. The Hall–Kier alpha value is -3.23. The first-order chi connectivity index (χ1) is 16.9. The van der Waals surface area contributed by atoms with Crippen LogP contribution in [0.3, 0.4) is 0 Å². The minimum Gasteiger partial charge on any atom is -0.350 e.